The number of aliphatic hydroxyl groups is 1. The first kappa shape index (κ1) is 15.2. The lowest BCUT2D eigenvalue weighted by Gasteiger charge is -2.24. The minimum Gasteiger partial charge on any atom is -0.394 e. The third-order valence-corrected chi connectivity index (χ3v) is 4.58. The number of halogens is 1. The second-order valence-corrected chi connectivity index (χ2v) is 6.70. The summed E-state index contributed by atoms with van der Waals surface area (Å²) < 4.78 is 20.0. The van der Waals surface area contributed by atoms with E-state index in [9.17, 15) is 5.11 Å². The monoisotopic (exact) mass is 385 g/mol. The first-order valence-corrected chi connectivity index (χ1v) is 7.96. The van der Waals surface area contributed by atoms with Crippen LogP contribution in [0.25, 0.3) is 11.2 Å². The zero-order valence-corrected chi connectivity index (χ0v) is 14.1. The summed E-state index contributed by atoms with van der Waals surface area (Å²) in [4.78, 5) is 12.5. The summed E-state index contributed by atoms with van der Waals surface area (Å²) in [7, 11) is 0. The smallest absolute Gasteiger partial charge is 0.181 e. The van der Waals surface area contributed by atoms with Crippen LogP contribution in [0.3, 0.4) is 0 Å². The molecular weight excluding hydrogens is 370 g/mol. The summed E-state index contributed by atoms with van der Waals surface area (Å²) in [6, 6.07) is 0. The Labute approximate surface area is 139 Å². The summed E-state index contributed by atoms with van der Waals surface area (Å²) in [5.74, 6) is -0.464. The molecule has 23 heavy (non-hydrogen) atoms. The number of aliphatic hydroxyl groups excluding tert-OH is 1. The molecule has 4 rings (SSSR count). The van der Waals surface area contributed by atoms with E-state index in [1.165, 1.54) is 6.33 Å². The average Bonchev–Trinajstić information content (AvgIpc) is 3.08. The SMILES string of the molecule is CC1(C)OC2[C@@H](O1)[C@@H](CO)O[C@H]2n1c(Br)nc2c(N)ncnc21. The second-order valence-electron chi connectivity index (χ2n) is 5.99. The first-order chi connectivity index (χ1) is 10.9. The molecule has 3 N–H and O–H groups in total. The van der Waals surface area contributed by atoms with Crippen molar-refractivity contribution in [1.82, 2.24) is 19.5 Å². The molecule has 2 saturated heterocycles. The van der Waals surface area contributed by atoms with Crippen molar-refractivity contribution in [2.24, 2.45) is 0 Å². The summed E-state index contributed by atoms with van der Waals surface area (Å²) in [6.07, 6.45) is -0.438. The van der Waals surface area contributed by atoms with Gasteiger partial charge in [0.2, 0.25) is 0 Å². The fraction of sp³-hybridized carbons (Fsp3) is 0.615. The number of imidazole rings is 1. The molecule has 0 aliphatic carbocycles. The van der Waals surface area contributed by atoms with Crippen LogP contribution >= 0.6 is 15.9 Å². The Balaban J connectivity index is 1.82. The molecule has 2 aliphatic rings. The van der Waals surface area contributed by atoms with Crippen LogP contribution in [0.4, 0.5) is 5.82 Å². The Morgan fingerprint density at radius 2 is 2.09 bits per heavy atom. The zero-order valence-electron chi connectivity index (χ0n) is 12.5. The van der Waals surface area contributed by atoms with Crippen molar-refractivity contribution in [1.29, 1.82) is 0 Å². The van der Waals surface area contributed by atoms with Crippen molar-refractivity contribution >= 4 is 32.9 Å². The largest absolute Gasteiger partial charge is 0.394 e. The number of nitrogens with two attached hydrogens (primary N) is 1. The molecule has 124 valence electrons. The van der Waals surface area contributed by atoms with Gasteiger partial charge in [-0.15, -0.1) is 0 Å². The van der Waals surface area contributed by atoms with E-state index in [2.05, 4.69) is 30.9 Å². The highest BCUT2D eigenvalue weighted by Gasteiger charge is 2.56. The molecule has 10 heteroatoms. The first-order valence-electron chi connectivity index (χ1n) is 7.17. The number of fused-ring (bicyclic) bond motifs is 2. The van der Waals surface area contributed by atoms with Crippen molar-refractivity contribution in [3.63, 3.8) is 0 Å². The Morgan fingerprint density at radius 3 is 2.83 bits per heavy atom. The van der Waals surface area contributed by atoms with E-state index >= 15 is 0 Å². The molecule has 1 unspecified atom stereocenters. The summed E-state index contributed by atoms with van der Waals surface area (Å²) >= 11 is 3.41. The molecule has 0 saturated carbocycles. The lowest BCUT2D eigenvalue weighted by Crippen LogP contribution is -2.31. The molecule has 2 aromatic heterocycles. The molecular formula is C13H16BrN5O4. The summed E-state index contributed by atoms with van der Waals surface area (Å²) in [5, 5.41) is 9.58. The number of hydrogen-bond acceptors (Lipinski definition) is 8. The minimum absolute atomic E-state index is 0.168. The third kappa shape index (κ3) is 2.24. The number of nitrogens with zero attached hydrogens (tertiary/aromatic N) is 4. The van der Waals surface area contributed by atoms with Gasteiger partial charge >= 0.3 is 0 Å². The van der Waals surface area contributed by atoms with Gasteiger partial charge in [0, 0.05) is 0 Å². The predicted octanol–water partition coefficient (Wildman–Crippen LogP) is 0.581. The Bertz CT molecular complexity index is 766. The van der Waals surface area contributed by atoms with Gasteiger partial charge in [0.15, 0.2) is 33.7 Å². The maximum absolute atomic E-state index is 9.58. The van der Waals surface area contributed by atoms with Gasteiger partial charge in [-0.25, -0.2) is 15.0 Å². The Hall–Kier alpha value is -1.33. The van der Waals surface area contributed by atoms with E-state index in [1.807, 2.05) is 13.8 Å². The van der Waals surface area contributed by atoms with Crippen LogP contribution in [-0.2, 0) is 14.2 Å². The quantitative estimate of drug-likeness (QED) is 0.720. The molecule has 0 spiro atoms. The molecule has 2 aliphatic heterocycles. The van der Waals surface area contributed by atoms with Gasteiger partial charge in [-0.1, -0.05) is 0 Å². The van der Waals surface area contributed by atoms with Crippen LogP contribution in [0.15, 0.2) is 11.1 Å². The van der Waals surface area contributed by atoms with Crippen molar-refractivity contribution in [3.05, 3.63) is 11.1 Å². The van der Waals surface area contributed by atoms with Crippen LogP contribution in [0, 0.1) is 0 Å². The van der Waals surface area contributed by atoms with E-state index in [4.69, 9.17) is 19.9 Å². The van der Waals surface area contributed by atoms with E-state index in [1.54, 1.807) is 4.57 Å². The molecule has 4 heterocycles. The Kier molecular flexibility index (Phi) is 3.36. The predicted molar refractivity (Wildman–Crippen MR) is 82.3 cm³/mol. The molecule has 0 aromatic carbocycles. The number of anilines is 1. The molecule has 2 fully saturated rings. The van der Waals surface area contributed by atoms with E-state index in [0.29, 0.717) is 15.9 Å². The second kappa shape index (κ2) is 5.08. The van der Waals surface area contributed by atoms with Crippen molar-refractivity contribution in [2.45, 2.75) is 44.2 Å². The standard InChI is InChI=1S/C13H16BrN5O4/c1-13(2)22-7-5(3-20)21-11(8(7)23-13)19-10-6(18-12(19)14)9(15)16-4-17-10/h4-5,7-8,11,20H,3H2,1-2H3,(H2,15,16,17)/t5-,7+,8?,11-/m1/s1. The van der Waals surface area contributed by atoms with Gasteiger partial charge in [-0.2, -0.15) is 0 Å². The summed E-state index contributed by atoms with van der Waals surface area (Å²) in [5.41, 5.74) is 6.86. The third-order valence-electron chi connectivity index (χ3n) is 4.02. The number of nitrogen functional groups attached to an aromatic ring is 1. The van der Waals surface area contributed by atoms with E-state index in [0.717, 1.165) is 0 Å². The highest BCUT2D eigenvalue weighted by Crippen LogP contribution is 2.44. The number of aromatic nitrogens is 4. The van der Waals surface area contributed by atoms with Crippen LogP contribution in [0.5, 0.6) is 0 Å². The van der Waals surface area contributed by atoms with Crippen LogP contribution in [0.1, 0.15) is 20.1 Å². The molecule has 2 aromatic rings. The molecule has 0 bridgehead atoms. The van der Waals surface area contributed by atoms with Crippen LogP contribution in [-0.4, -0.2) is 55.3 Å². The minimum atomic E-state index is -0.748. The Morgan fingerprint density at radius 1 is 1.35 bits per heavy atom. The highest BCUT2D eigenvalue weighted by atomic mass is 79.9. The van der Waals surface area contributed by atoms with Gasteiger partial charge in [0.1, 0.15) is 24.6 Å². The zero-order chi connectivity index (χ0) is 16.4. The summed E-state index contributed by atoms with van der Waals surface area (Å²) in [6.45, 7) is 3.49. The normalized spacial score (nSPS) is 32.5. The van der Waals surface area contributed by atoms with Crippen LogP contribution in [0.2, 0.25) is 0 Å². The maximum atomic E-state index is 9.58. The van der Waals surface area contributed by atoms with Crippen molar-refractivity contribution in [3.8, 4) is 0 Å². The molecule has 9 nitrogen and oxygen atoms in total. The maximum Gasteiger partial charge on any atom is 0.181 e. The molecule has 4 atom stereocenters. The fourth-order valence-electron chi connectivity index (χ4n) is 3.14. The lowest BCUT2D eigenvalue weighted by molar-refractivity contribution is -0.200. The highest BCUT2D eigenvalue weighted by molar-refractivity contribution is 9.10. The van der Waals surface area contributed by atoms with Crippen LogP contribution < -0.4 is 5.73 Å². The van der Waals surface area contributed by atoms with Gasteiger partial charge in [0.05, 0.1) is 6.61 Å². The van der Waals surface area contributed by atoms with Gasteiger partial charge in [0.25, 0.3) is 0 Å². The number of ether oxygens (including phenoxy) is 3. The number of rotatable bonds is 2. The van der Waals surface area contributed by atoms with Gasteiger partial charge in [-0.3, -0.25) is 4.57 Å². The van der Waals surface area contributed by atoms with E-state index < -0.39 is 24.2 Å². The molecule has 0 radical (unpaired) electrons. The fourth-order valence-corrected chi connectivity index (χ4v) is 3.69. The van der Waals surface area contributed by atoms with E-state index in [-0.39, 0.29) is 18.5 Å². The van der Waals surface area contributed by atoms with Gasteiger partial charge in [-0.05, 0) is 29.8 Å². The van der Waals surface area contributed by atoms with Crippen molar-refractivity contribution < 1.29 is 19.3 Å². The molecule has 0 amide bonds. The average molecular weight is 386 g/mol. The lowest BCUT2D eigenvalue weighted by atomic mass is 10.1. The van der Waals surface area contributed by atoms with Crippen molar-refractivity contribution in [2.75, 3.05) is 12.3 Å². The topological polar surface area (TPSA) is 118 Å². The van der Waals surface area contributed by atoms with Gasteiger partial charge < -0.3 is 25.1 Å². The number of hydrogen-bond donors (Lipinski definition) is 2.